The number of carbonyl (C=O) groups excluding carboxylic acids is 1. The summed E-state index contributed by atoms with van der Waals surface area (Å²) in [5.74, 6) is 0.787. The number of aromatic amines is 1. The molecule has 27 heavy (non-hydrogen) atoms. The first-order valence-corrected chi connectivity index (χ1v) is 10.2. The predicted octanol–water partition coefficient (Wildman–Crippen LogP) is 2.88. The van der Waals surface area contributed by atoms with Crippen LogP contribution in [0.5, 0.6) is 5.75 Å². The number of aryl methyl sites for hydroxylation is 2. The molecular weight excluding hydrogens is 362 g/mol. The largest absolute Gasteiger partial charge is 0.497 e. The minimum absolute atomic E-state index is 0.0510. The third-order valence-corrected chi connectivity index (χ3v) is 5.01. The van der Waals surface area contributed by atoms with E-state index in [9.17, 15) is 9.59 Å². The van der Waals surface area contributed by atoms with Crippen LogP contribution in [-0.4, -0.2) is 35.3 Å². The molecule has 2 rings (SSSR count). The van der Waals surface area contributed by atoms with E-state index in [2.05, 4.69) is 15.3 Å². The number of carbonyl (C=O) groups is 1. The zero-order valence-electron chi connectivity index (χ0n) is 16.3. The minimum Gasteiger partial charge on any atom is -0.497 e. The zero-order chi connectivity index (χ0) is 19.8. The normalized spacial score (nSPS) is 11.9. The average molecular weight is 390 g/mol. The Hall–Kier alpha value is -2.28. The third kappa shape index (κ3) is 6.43. The Morgan fingerprint density at radius 2 is 2.00 bits per heavy atom. The van der Waals surface area contributed by atoms with E-state index in [0.29, 0.717) is 22.8 Å². The molecule has 0 bridgehead atoms. The number of thioether (sulfide) groups is 1. The number of ether oxygens (including phenoxy) is 1. The molecule has 0 radical (unpaired) electrons. The smallest absolute Gasteiger partial charge is 0.254 e. The fourth-order valence-electron chi connectivity index (χ4n) is 2.81. The Labute approximate surface area is 164 Å². The monoisotopic (exact) mass is 389 g/mol. The number of hydrogen-bond acceptors (Lipinski definition) is 5. The molecule has 1 atom stereocenters. The second kappa shape index (κ2) is 10.2. The first kappa shape index (κ1) is 21.0. The van der Waals surface area contributed by atoms with Gasteiger partial charge >= 0.3 is 0 Å². The molecule has 0 saturated heterocycles. The molecule has 1 amide bonds. The van der Waals surface area contributed by atoms with Gasteiger partial charge in [-0.05, 0) is 57.1 Å². The quantitative estimate of drug-likeness (QED) is 0.509. The number of amides is 1. The summed E-state index contributed by atoms with van der Waals surface area (Å²) in [7, 11) is 1.65. The van der Waals surface area contributed by atoms with Crippen LogP contribution in [0.1, 0.15) is 36.6 Å². The van der Waals surface area contributed by atoms with Crippen LogP contribution in [0.4, 0.5) is 0 Å². The lowest BCUT2D eigenvalue weighted by molar-refractivity contribution is -0.121. The van der Waals surface area contributed by atoms with Crippen LogP contribution in [0.25, 0.3) is 0 Å². The molecule has 0 spiro atoms. The summed E-state index contributed by atoms with van der Waals surface area (Å²) in [6, 6.07) is 8.02. The van der Waals surface area contributed by atoms with Crippen molar-refractivity contribution in [2.45, 2.75) is 50.7 Å². The van der Waals surface area contributed by atoms with Gasteiger partial charge in [0.15, 0.2) is 5.16 Å². The number of hydrogen-bond donors (Lipinski definition) is 2. The van der Waals surface area contributed by atoms with Crippen LogP contribution in [0.15, 0.2) is 34.2 Å². The molecule has 1 heterocycles. The van der Waals surface area contributed by atoms with Crippen molar-refractivity contribution in [3.05, 3.63) is 51.4 Å². The van der Waals surface area contributed by atoms with E-state index in [1.165, 1.54) is 17.3 Å². The Morgan fingerprint density at radius 3 is 2.59 bits per heavy atom. The van der Waals surface area contributed by atoms with Crippen molar-refractivity contribution in [1.82, 2.24) is 15.3 Å². The molecule has 0 saturated carbocycles. The van der Waals surface area contributed by atoms with E-state index >= 15 is 0 Å². The Bertz CT molecular complexity index is 818. The Balaban J connectivity index is 1.80. The predicted molar refractivity (Wildman–Crippen MR) is 109 cm³/mol. The van der Waals surface area contributed by atoms with Crippen molar-refractivity contribution in [1.29, 1.82) is 0 Å². The van der Waals surface area contributed by atoms with Gasteiger partial charge < -0.3 is 15.0 Å². The molecule has 146 valence electrons. The molecule has 7 heteroatoms. The number of nitrogens with one attached hydrogen (secondary N) is 2. The second-order valence-electron chi connectivity index (χ2n) is 6.49. The molecule has 0 fully saturated rings. The van der Waals surface area contributed by atoms with E-state index in [4.69, 9.17) is 4.74 Å². The van der Waals surface area contributed by atoms with Crippen LogP contribution in [-0.2, 0) is 17.6 Å². The molecule has 1 unspecified atom stereocenters. The topological polar surface area (TPSA) is 84.1 Å². The van der Waals surface area contributed by atoms with Gasteiger partial charge in [0.1, 0.15) is 5.75 Å². The zero-order valence-corrected chi connectivity index (χ0v) is 17.1. The molecule has 1 aromatic carbocycles. The molecule has 2 N–H and O–H groups in total. The molecule has 1 aromatic heterocycles. The van der Waals surface area contributed by atoms with Gasteiger partial charge in [-0.3, -0.25) is 9.59 Å². The first-order valence-electron chi connectivity index (χ1n) is 8.99. The van der Waals surface area contributed by atoms with Crippen LogP contribution in [0.3, 0.4) is 0 Å². The first-order chi connectivity index (χ1) is 12.9. The van der Waals surface area contributed by atoms with Gasteiger partial charge in [0.25, 0.3) is 5.56 Å². The maximum atomic E-state index is 12.2. The number of nitrogens with zero attached hydrogens (tertiary/aromatic N) is 1. The summed E-state index contributed by atoms with van der Waals surface area (Å²) in [5, 5.41) is 3.60. The second-order valence-corrected chi connectivity index (χ2v) is 7.29. The van der Waals surface area contributed by atoms with Gasteiger partial charge in [0.05, 0.1) is 7.11 Å². The Morgan fingerprint density at radius 1 is 1.30 bits per heavy atom. The van der Waals surface area contributed by atoms with E-state index in [-0.39, 0.29) is 23.9 Å². The number of benzene rings is 1. The van der Waals surface area contributed by atoms with Crippen molar-refractivity contribution in [2.75, 3.05) is 13.4 Å². The van der Waals surface area contributed by atoms with E-state index < -0.39 is 0 Å². The van der Waals surface area contributed by atoms with Crippen LogP contribution >= 0.6 is 11.8 Å². The average Bonchev–Trinajstić information content (AvgIpc) is 2.65. The van der Waals surface area contributed by atoms with Crippen molar-refractivity contribution < 1.29 is 9.53 Å². The van der Waals surface area contributed by atoms with Gasteiger partial charge in [0, 0.05) is 23.7 Å². The van der Waals surface area contributed by atoms with Gasteiger partial charge in [-0.15, -0.1) is 0 Å². The summed E-state index contributed by atoms with van der Waals surface area (Å²) in [5.41, 5.74) is 2.31. The minimum atomic E-state index is -0.160. The van der Waals surface area contributed by atoms with E-state index in [1.54, 1.807) is 14.0 Å². The number of aromatic nitrogens is 2. The third-order valence-electron chi connectivity index (χ3n) is 4.43. The molecule has 0 aliphatic rings. The van der Waals surface area contributed by atoms with Crippen LogP contribution in [0, 0.1) is 6.92 Å². The lowest BCUT2D eigenvalue weighted by Crippen LogP contribution is -2.33. The number of H-pyrrole nitrogens is 1. The highest BCUT2D eigenvalue weighted by atomic mass is 32.2. The van der Waals surface area contributed by atoms with Crippen molar-refractivity contribution in [3.8, 4) is 5.75 Å². The molecule has 6 nitrogen and oxygen atoms in total. The summed E-state index contributed by atoms with van der Waals surface area (Å²) in [6.45, 7) is 3.80. The summed E-state index contributed by atoms with van der Waals surface area (Å²) < 4.78 is 5.15. The van der Waals surface area contributed by atoms with Gasteiger partial charge in [-0.2, -0.15) is 0 Å². The van der Waals surface area contributed by atoms with E-state index in [0.717, 1.165) is 18.6 Å². The lowest BCUT2D eigenvalue weighted by atomic mass is 10.1. The molecule has 2 aromatic rings. The number of methoxy groups -OCH3 is 1. The van der Waals surface area contributed by atoms with Crippen molar-refractivity contribution >= 4 is 17.7 Å². The summed E-state index contributed by atoms with van der Waals surface area (Å²) >= 11 is 1.39. The molecule has 0 aliphatic heterocycles. The van der Waals surface area contributed by atoms with Gasteiger partial charge in [0.2, 0.25) is 5.91 Å². The summed E-state index contributed by atoms with van der Waals surface area (Å²) in [6.07, 6.45) is 4.25. The SMILES string of the molecule is COc1ccc(CCC(C)NC(=O)CCc2c(C)nc(SC)[nH]c2=O)cc1. The highest BCUT2D eigenvalue weighted by Gasteiger charge is 2.12. The van der Waals surface area contributed by atoms with E-state index in [1.807, 2.05) is 37.4 Å². The molecule has 0 aliphatic carbocycles. The maximum absolute atomic E-state index is 12.2. The van der Waals surface area contributed by atoms with Crippen molar-refractivity contribution in [3.63, 3.8) is 0 Å². The summed E-state index contributed by atoms with van der Waals surface area (Å²) in [4.78, 5) is 31.4. The van der Waals surface area contributed by atoms with Crippen LogP contribution in [0.2, 0.25) is 0 Å². The highest BCUT2D eigenvalue weighted by molar-refractivity contribution is 7.98. The van der Waals surface area contributed by atoms with Crippen molar-refractivity contribution in [2.24, 2.45) is 0 Å². The van der Waals surface area contributed by atoms with Crippen LogP contribution < -0.4 is 15.6 Å². The molecular formula is C20H27N3O3S. The van der Waals surface area contributed by atoms with Gasteiger partial charge in [-0.25, -0.2) is 4.98 Å². The Kier molecular flexibility index (Phi) is 7.91. The highest BCUT2D eigenvalue weighted by Crippen LogP contribution is 2.13. The lowest BCUT2D eigenvalue weighted by Gasteiger charge is -2.14. The maximum Gasteiger partial charge on any atom is 0.254 e. The standard InChI is InChI=1S/C20H27N3O3S/c1-13(5-6-15-7-9-16(26-3)10-8-15)21-18(24)12-11-17-14(2)22-20(27-4)23-19(17)25/h7-10,13H,5-6,11-12H2,1-4H3,(H,21,24)(H,22,23,25). The fourth-order valence-corrected chi connectivity index (χ4v) is 3.23. The van der Waals surface area contributed by atoms with Gasteiger partial charge in [-0.1, -0.05) is 23.9 Å². The number of rotatable bonds is 9. The fraction of sp³-hybridized carbons (Fsp3) is 0.450.